The highest BCUT2D eigenvalue weighted by molar-refractivity contribution is 6.03. The molecule has 0 aliphatic carbocycles. The fraction of sp³-hybridized carbons (Fsp3) is 0.160. The Kier molecular flexibility index (Phi) is 4.01. The molecule has 4 aromatic rings. The van der Waals surface area contributed by atoms with Crippen LogP contribution < -0.4 is 4.74 Å². The Balaban J connectivity index is 1.73. The van der Waals surface area contributed by atoms with Gasteiger partial charge in [-0.25, -0.2) is 0 Å². The summed E-state index contributed by atoms with van der Waals surface area (Å²) in [5.74, 6) is 0.988. The van der Waals surface area contributed by atoms with Crippen LogP contribution in [0.4, 0.5) is 0 Å². The van der Waals surface area contributed by atoms with E-state index in [-0.39, 0.29) is 5.78 Å². The minimum Gasteiger partial charge on any atom is -0.497 e. The van der Waals surface area contributed by atoms with E-state index in [0.717, 1.165) is 40.7 Å². The largest absolute Gasteiger partial charge is 0.497 e. The molecule has 0 saturated heterocycles. The molecule has 138 valence electrons. The van der Waals surface area contributed by atoms with E-state index in [2.05, 4.69) is 41.0 Å². The van der Waals surface area contributed by atoms with Crippen LogP contribution in [0.3, 0.4) is 0 Å². The molecule has 3 heteroatoms. The number of carbonyl (C=O) groups excluding carboxylic acids is 1. The van der Waals surface area contributed by atoms with Crippen molar-refractivity contribution < 1.29 is 9.53 Å². The Morgan fingerprint density at radius 1 is 1.00 bits per heavy atom. The van der Waals surface area contributed by atoms with Crippen LogP contribution in [0.25, 0.3) is 22.2 Å². The molecule has 1 aliphatic rings. The number of rotatable bonds is 4. The first-order valence-electron chi connectivity index (χ1n) is 9.62. The Bertz CT molecular complexity index is 1190. The number of methoxy groups -OCH3 is 1. The lowest BCUT2D eigenvalue weighted by molar-refractivity contribution is 0.0993. The van der Waals surface area contributed by atoms with Gasteiger partial charge in [0.05, 0.1) is 18.3 Å². The summed E-state index contributed by atoms with van der Waals surface area (Å²) >= 11 is 0. The third-order valence-electron chi connectivity index (χ3n) is 5.69. The van der Waals surface area contributed by atoms with Gasteiger partial charge in [0.1, 0.15) is 5.75 Å². The molecule has 0 bridgehead atoms. The van der Waals surface area contributed by atoms with E-state index in [1.165, 1.54) is 16.8 Å². The summed E-state index contributed by atoms with van der Waals surface area (Å²) in [6.45, 7) is 0.912. The Labute approximate surface area is 164 Å². The van der Waals surface area contributed by atoms with Gasteiger partial charge >= 0.3 is 0 Å². The quantitative estimate of drug-likeness (QED) is 0.459. The number of ketones is 1. The van der Waals surface area contributed by atoms with Crippen LogP contribution in [0, 0.1) is 0 Å². The predicted molar refractivity (Wildman–Crippen MR) is 112 cm³/mol. The molecule has 0 fully saturated rings. The summed E-state index contributed by atoms with van der Waals surface area (Å²) in [4.78, 5) is 13.0. The number of Topliss-reactive ketones (excluding diaryl/α,β-unsaturated/α-hetero) is 1. The van der Waals surface area contributed by atoms with Crippen molar-refractivity contribution in [2.45, 2.75) is 19.4 Å². The first-order chi connectivity index (χ1) is 13.8. The van der Waals surface area contributed by atoms with E-state index in [4.69, 9.17) is 4.74 Å². The van der Waals surface area contributed by atoms with Crippen LogP contribution in [0.15, 0.2) is 72.8 Å². The van der Waals surface area contributed by atoms with Crippen molar-refractivity contribution >= 4 is 16.7 Å². The number of carbonyl (C=O) groups is 1. The lowest BCUT2D eigenvalue weighted by Crippen LogP contribution is -2.12. The monoisotopic (exact) mass is 367 g/mol. The summed E-state index contributed by atoms with van der Waals surface area (Å²) in [7, 11) is 1.69. The molecular weight excluding hydrogens is 346 g/mol. The summed E-state index contributed by atoms with van der Waals surface area (Å²) in [6.07, 6.45) is 1.39. The number of hydrogen-bond donors (Lipinski definition) is 0. The molecule has 3 aromatic carbocycles. The highest BCUT2D eigenvalue weighted by Gasteiger charge is 2.25. The zero-order valence-electron chi connectivity index (χ0n) is 15.8. The van der Waals surface area contributed by atoms with Gasteiger partial charge in [-0.05, 0) is 29.7 Å². The van der Waals surface area contributed by atoms with Crippen LogP contribution in [-0.2, 0) is 19.4 Å². The van der Waals surface area contributed by atoms with E-state index in [0.29, 0.717) is 6.42 Å². The zero-order valence-corrected chi connectivity index (χ0v) is 15.8. The highest BCUT2D eigenvalue weighted by atomic mass is 16.5. The molecule has 0 spiro atoms. The molecule has 0 atom stereocenters. The number of aryl methyl sites for hydroxylation is 2. The van der Waals surface area contributed by atoms with Crippen molar-refractivity contribution in [2.75, 3.05) is 7.11 Å². The molecule has 2 heterocycles. The maximum atomic E-state index is 13.0. The molecule has 1 aromatic heterocycles. The Hall–Kier alpha value is -3.33. The van der Waals surface area contributed by atoms with Gasteiger partial charge in [0, 0.05) is 35.5 Å². The smallest absolute Gasteiger partial charge is 0.167 e. The number of nitrogens with zero attached hydrogens (tertiary/aromatic N) is 1. The van der Waals surface area contributed by atoms with Crippen LogP contribution in [0.5, 0.6) is 5.75 Å². The summed E-state index contributed by atoms with van der Waals surface area (Å²) < 4.78 is 7.82. The lowest BCUT2D eigenvalue weighted by Gasteiger charge is -2.21. The molecule has 0 amide bonds. The summed E-state index contributed by atoms with van der Waals surface area (Å²) in [5.41, 5.74) is 6.76. The average Bonchev–Trinajstić information content (AvgIpc) is 3.07. The van der Waals surface area contributed by atoms with Crippen LogP contribution in [-0.4, -0.2) is 17.5 Å². The average molecular weight is 367 g/mol. The second-order valence-corrected chi connectivity index (χ2v) is 7.24. The third kappa shape index (κ3) is 2.63. The predicted octanol–water partition coefficient (Wildman–Crippen LogP) is 5.30. The number of fused-ring (bicyclic) bond motifs is 5. The topological polar surface area (TPSA) is 31.2 Å². The number of ether oxygens (including phenoxy) is 1. The maximum absolute atomic E-state index is 13.0. The third-order valence-corrected chi connectivity index (χ3v) is 5.69. The second kappa shape index (κ2) is 6.68. The Morgan fingerprint density at radius 3 is 2.61 bits per heavy atom. The molecule has 3 nitrogen and oxygen atoms in total. The van der Waals surface area contributed by atoms with Crippen LogP contribution >= 0.6 is 0 Å². The fourth-order valence-electron chi connectivity index (χ4n) is 4.34. The number of benzene rings is 3. The summed E-state index contributed by atoms with van der Waals surface area (Å²) in [6, 6.07) is 24.3. The molecule has 0 radical (unpaired) electrons. The van der Waals surface area contributed by atoms with Crippen LogP contribution in [0.2, 0.25) is 0 Å². The van der Waals surface area contributed by atoms with Gasteiger partial charge in [-0.15, -0.1) is 0 Å². The van der Waals surface area contributed by atoms with Crippen molar-refractivity contribution in [1.82, 2.24) is 4.57 Å². The molecular formula is C25H21NO2. The lowest BCUT2D eigenvalue weighted by atomic mass is 9.93. The fourth-order valence-corrected chi connectivity index (χ4v) is 4.34. The van der Waals surface area contributed by atoms with Gasteiger partial charge < -0.3 is 9.30 Å². The van der Waals surface area contributed by atoms with Crippen molar-refractivity contribution in [1.29, 1.82) is 0 Å². The summed E-state index contributed by atoms with van der Waals surface area (Å²) in [5, 5.41) is 1.14. The van der Waals surface area contributed by atoms with E-state index in [1.807, 2.05) is 36.4 Å². The second-order valence-electron chi connectivity index (χ2n) is 7.24. The van der Waals surface area contributed by atoms with Crippen molar-refractivity contribution in [3.8, 4) is 17.0 Å². The molecule has 1 aliphatic heterocycles. The van der Waals surface area contributed by atoms with Crippen molar-refractivity contribution in [2.24, 2.45) is 0 Å². The van der Waals surface area contributed by atoms with Gasteiger partial charge in [-0.3, -0.25) is 4.79 Å². The molecule has 5 rings (SSSR count). The minimum atomic E-state index is 0.148. The van der Waals surface area contributed by atoms with E-state index in [1.54, 1.807) is 7.11 Å². The molecule has 0 unspecified atom stereocenters. The normalized spacial score (nSPS) is 12.5. The van der Waals surface area contributed by atoms with Gasteiger partial charge in [0.25, 0.3) is 0 Å². The molecule has 28 heavy (non-hydrogen) atoms. The van der Waals surface area contributed by atoms with Crippen LogP contribution in [0.1, 0.15) is 21.5 Å². The number of aromatic nitrogens is 1. The first-order valence-corrected chi connectivity index (χ1v) is 9.62. The minimum absolute atomic E-state index is 0.148. The van der Waals surface area contributed by atoms with Gasteiger partial charge in [0.15, 0.2) is 5.78 Å². The molecule has 0 N–H and O–H groups in total. The molecule has 0 saturated carbocycles. The van der Waals surface area contributed by atoms with Crippen molar-refractivity contribution in [3.63, 3.8) is 0 Å². The van der Waals surface area contributed by atoms with Gasteiger partial charge in [-0.2, -0.15) is 0 Å². The highest BCUT2D eigenvalue weighted by Crippen LogP contribution is 2.40. The standard InChI is InChI=1S/C25H21NO2/c1-28-19-11-12-21-22(16-24(27)18-8-3-2-4-9-18)25-20-10-6-5-7-17(20)13-14-26(25)23(21)15-19/h2-12,15H,13-14,16H2,1H3. The number of hydrogen-bond acceptors (Lipinski definition) is 2. The van der Waals surface area contributed by atoms with E-state index >= 15 is 0 Å². The van der Waals surface area contributed by atoms with Gasteiger partial charge in [-0.1, -0.05) is 54.6 Å². The maximum Gasteiger partial charge on any atom is 0.167 e. The van der Waals surface area contributed by atoms with E-state index < -0.39 is 0 Å². The van der Waals surface area contributed by atoms with Gasteiger partial charge in [0.2, 0.25) is 0 Å². The SMILES string of the molecule is COc1ccc2c(CC(=O)c3ccccc3)c3n(c2c1)CCc1ccccc1-3. The first kappa shape index (κ1) is 16.8. The Morgan fingerprint density at radius 2 is 1.79 bits per heavy atom. The van der Waals surface area contributed by atoms with Crippen molar-refractivity contribution in [3.05, 3.63) is 89.5 Å². The zero-order chi connectivity index (χ0) is 19.1. The van der Waals surface area contributed by atoms with E-state index in [9.17, 15) is 4.79 Å².